The van der Waals surface area contributed by atoms with Gasteiger partial charge < -0.3 is 14.2 Å². The number of halogens is 4. The molecule has 4 rings (SSSR count). The van der Waals surface area contributed by atoms with Gasteiger partial charge in [-0.05, 0) is 5.56 Å². The molecule has 0 fully saturated rings. The lowest BCUT2D eigenvalue weighted by Crippen LogP contribution is -2.19. The van der Waals surface area contributed by atoms with Crippen molar-refractivity contribution in [3.05, 3.63) is 71.6 Å². The van der Waals surface area contributed by atoms with E-state index < -0.39 is 11.9 Å². The van der Waals surface area contributed by atoms with Crippen LogP contribution in [0.2, 0.25) is 5.15 Å². The number of anilines is 1. The molecule has 0 atom stereocenters. The molecule has 144 valence electrons. The molecule has 3 aromatic rings. The van der Waals surface area contributed by atoms with Crippen LogP contribution in [0.1, 0.15) is 11.3 Å². The number of aryl methyl sites for hydroxylation is 1. The summed E-state index contributed by atoms with van der Waals surface area (Å²) in [6.45, 7) is 0.530. The molecule has 2 aromatic heterocycles. The van der Waals surface area contributed by atoms with Crippen molar-refractivity contribution in [1.29, 1.82) is 0 Å². The van der Waals surface area contributed by atoms with Gasteiger partial charge in [-0.3, -0.25) is 0 Å². The Hall–Kier alpha value is -3.00. The van der Waals surface area contributed by atoms with Crippen LogP contribution < -0.4 is 9.64 Å². The molecular formula is C19H14ClF3N4O. The number of nitrogens with zero attached hydrogens (tertiary/aromatic N) is 4. The second-order valence-electron chi connectivity index (χ2n) is 6.26. The smallest absolute Gasteiger partial charge is 0.434 e. The summed E-state index contributed by atoms with van der Waals surface area (Å²) in [6, 6.07) is 8.91. The molecule has 3 heterocycles. The van der Waals surface area contributed by atoms with Crippen LogP contribution in [-0.4, -0.2) is 14.5 Å². The van der Waals surface area contributed by atoms with Gasteiger partial charge in [-0.1, -0.05) is 35.9 Å². The van der Waals surface area contributed by atoms with Gasteiger partial charge in [0.05, 0.1) is 11.9 Å². The highest BCUT2D eigenvalue weighted by atomic mass is 35.5. The highest BCUT2D eigenvalue weighted by Gasteiger charge is 2.34. The van der Waals surface area contributed by atoms with E-state index in [0.717, 1.165) is 17.4 Å². The summed E-state index contributed by atoms with van der Waals surface area (Å²) in [5.74, 6) is 0.851. The number of hydrogen-bond acceptors (Lipinski definition) is 4. The summed E-state index contributed by atoms with van der Waals surface area (Å²) in [4.78, 5) is 9.66. The van der Waals surface area contributed by atoms with Crippen LogP contribution in [0, 0.1) is 0 Å². The molecule has 1 aromatic carbocycles. The second-order valence-corrected chi connectivity index (χ2v) is 6.65. The third-order valence-corrected chi connectivity index (χ3v) is 4.50. The van der Waals surface area contributed by atoms with Crippen LogP contribution in [-0.2, 0) is 19.8 Å². The first kappa shape index (κ1) is 18.4. The van der Waals surface area contributed by atoms with Crippen molar-refractivity contribution in [2.75, 3.05) is 4.90 Å². The Morgan fingerprint density at radius 3 is 2.61 bits per heavy atom. The molecule has 0 spiro atoms. The van der Waals surface area contributed by atoms with Crippen LogP contribution in [0.3, 0.4) is 0 Å². The van der Waals surface area contributed by atoms with Gasteiger partial charge in [0, 0.05) is 37.6 Å². The number of alkyl halides is 3. The second kappa shape index (κ2) is 6.87. The topological polar surface area (TPSA) is 43.2 Å². The lowest BCUT2D eigenvalue weighted by atomic mass is 10.1. The van der Waals surface area contributed by atoms with Crippen molar-refractivity contribution in [1.82, 2.24) is 14.5 Å². The predicted octanol–water partition coefficient (Wildman–Crippen LogP) is 5.02. The molecule has 28 heavy (non-hydrogen) atoms. The number of fused-ring (bicyclic) bond motifs is 1. The summed E-state index contributed by atoms with van der Waals surface area (Å²) < 4.78 is 45.4. The first-order valence-corrected chi connectivity index (χ1v) is 8.64. The van der Waals surface area contributed by atoms with Crippen LogP contribution in [0.25, 0.3) is 11.4 Å². The van der Waals surface area contributed by atoms with Gasteiger partial charge in [0.25, 0.3) is 0 Å². The van der Waals surface area contributed by atoms with E-state index in [1.54, 1.807) is 43.9 Å². The summed E-state index contributed by atoms with van der Waals surface area (Å²) in [6.07, 6.45) is 1.40. The summed E-state index contributed by atoms with van der Waals surface area (Å²) in [7, 11) is 1.54. The van der Waals surface area contributed by atoms with E-state index >= 15 is 0 Å². The molecule has 0 bridgehead atoms. The zero-order valence-corrected chi connectivity index (χ0v) is 15.4. The molecule has 0 aliphatic carbocycles. The third kappa shape index (κ3) is 3.55. The number of pyridine rings is 1. The maximum atomic E-state index is 12.9. The Labute approximate surface area is 163 Å². The van der Waals surface area contributed by atoms with E-state index in [4.69, 9.17) is 16.3 Å². The minimum atomic E-state index is -4.47. The van der Waals surface area contributed by atoms with Gasteiger partial charge in [0.2, 0.25) is 0 Å². The summed E-state index contributed by atoms with van der Waals surface area (Å²) >= 11 is 5.98. The highest BCUT2D eigenvalue weighted by molar-refractivity contribution is 6.29. The van der Waals surface area contributed by atoms with Gasteiger partial charge in [0.15, 0.2) is 11.4 Å². The van der Waals surface area contributed by atoms with Crippen molar-refractivity contribution < 1.29 is 17.9 Å². The van der Waals surface area contributed by atoms with E-state index in [0.29, 0.717) is 23.0 Å². The molecule has 0 N–H and O–H groups in total. The number of benzene rings is 1. The summed E-state index contributed by atoms with van der Waals surface area (Å²) in [5.41, 5.74) is 1.44. The van der Waals surface area contributed by atoms with E-state index in [9.17, 15) is 13.2 Å². The van der Waals surface area contributed by atoms with Gasteiger partial charge in [-0.2, -0.15) is 13.2 Å². The molecule has 0 saturated heterocycles. The van der Waals surface area contributed by atoms with Crippen LogP contribution >= 0.6 is 11.6 Å². The fraction of sp³-hybridized carbons (Fsp3) is 0.158. The van der Waals surface area contributed by atoms with E-state index in [-0.39, 0.29) is 5.82 Å². The largest absolute Gasteiger partial charge is 0.460 e. The quantitative estimate of drug-likeness (QED) is 0.572. The molecule has 1 aliphatic heterocycles. The zero-order chi connectivity index (χ0) is 19.9. The highest BCUT2D eigenvalue weighted by Crippen LogP contribution is 2.34. The monoisotopic (exact) mass is 406 g/mol. The van der Waals surface area contributed by atoms with Crippen LogP contribution in [0.15, 0.2) is 55.2 Å². The summed E-state index contributed by atoms with van der Waals surface area (Å²) in [5, 5.41) is 0.355. The van der Waals surface area contributed by atoms with Gasteiger partial charge in [0.1, 0.15) is 17.2 Å². The molecule has 0 saturated carbocycles. The van der Waals surface area contributed by atoms with Crippen LogP contribution in [0.5, 0.6) is 5.75 Å². The average molecular weight is 407 g/mol. The van der Waals surface area contributed by atoms with Crippen molar-refractivity contribution >= 4 is 17.3 Å². The lowest BCUT2D eigenvalue weighted by molar-refractivity contribution is -0.140. The standard InChI is InChI=1S/C19H14ClF3N4O/c1-26-11-16(19(21,22)23)25-18(26)13-4-2-12(3-5-13)10-27-6-7-28-15-9-24-17(20)8-14(15)27/h2-9,11H,10H2,1H3. The molecule has 0 radical (unpaired) electrons. The number of aromatic nitrogens is 3. The number of imidazole rings is 1. The van der Waals surface area contributed by atoms with E-state index in [2.05, 4.69) is 9.97 Å². The Morgan fingerprint density at radius 2 is 1.93 bits per heavy atom. The number of hydrogen-bond donors (Lipinski definition) is 0. The van der Waals surface area contributed by atoms with Crippen molar-refractivity contribution in [3.8, 4) is 17.1 Å². The van der Waals surface area contributed by atoms with Crippen molar-refractivity contribution in [3.63, 3.8) is 0 Å². The average Bonchev–Trinajstić information content (AvgIpc) is 3.05. The minimum absolute atomic E-state index is 0.258. The normalized spacial score (nSPS) is 13.4. The zero-order valence-electron chi connectivity index (χ0n) is 14.6. The first-order chi connectivity index (χ1) is 13.3. The fourth-order valence-electron chi connectivity index (χ4n) is 2.95. The Kier molecular flexibility index (Phi) is 4.50. The molecule has 9 heteroatoms. The number of ether oxygens (including phenoxy) is 1. The Balaban J connectivity index is 1.57. The molecular weight excluding hydrogens is 393 g/mol. The van der Waals surface area contributed by atoms with E-state index in [1.807, 2.05) is 17.0 Å². The van der Waals surface area contributed by atoms with Gasteiger partial charge in [-0.25, -0.2) is 9.97 Å². The lowest BCUT2D eigenvalue weighted by Gasteiger charge is -2.25. The van der Waals surface area contributed by atoms with Crippen LogP contribution in [0.4, 0.5) is 18.9 Å². The molecule has 0 amide bonds. The Bertz CT molecular complexity index is 1040. The number of rotatable bonds is 3. The van der Waals surface area contributed by atoms with E-state index in [1.165, 1.54) is 4.57 Å². The third-order valence-electron chi connectivity index (χ3n) is 4.29. The molecule has 5 nitrogen and oxygen atoms in total. The molecule has 0 unspecified atom stereocenters. The minimum Gasteiger partial charge on any atom is -0.460 e. The maximum absolute atomic E-state index is 12.9. The van der Waals surface area contributed by atoms with Crippen molar-refractivity contribution in [2.24, 2.45) is 7.05 Å². The Morgan fingerprint density at radius 1 is 1.18 bits per heavy atom. The van der Waals surface area contributed by atoms with Gasteiger partial charge >= 0.3 is 6.18 Å². The maximum Gasteiger partial charge on any atom is 0.434 e. The van der Waals surface area contributed by atoms with Crippen molar-refractivity contribution in [2.45, 2.75) is 12.7 Å². The molecule has 1 aliphatic rings. The SMILES string of the molecule is Cn1cc(C(F)(F)F)nc1-c1ccc(CN2C=COc3cnc(Cl)cc32)cc1. The fourth-order valence-corrected chi connectivity index (χ4v) is 3.10. The first-order valence-electron chi connectivity index (χ1n) is 8.26. The van der Waals surface area contributed by atoms with Gasteiger partial charge in [-0.15, -0.1) is 0 Å². The predicted molar refractivity (Wildman–Crippen MR) is 98.8 cm³/mol.